The molecule has 72 valence electrons. The van der Waals surface area contributed by atoms with Gasteiger partial charge >= 0.3 is 0 Å². The maximum absolute atomic E-state index is 11.5. The number of carbonyl (C=O) groups excluding carboxylic acids is 1. The van der Waals surface area contributed by atoms with Crippen molar-refractivity contribution in [2.45, 2.75) is 20.3 Å². The fraction of sp³-hybridized carbons (Fsp3) is 0.250. The molecule has 2 rings (SSSR count). The lowest BCUT2D eigenvalue weighted by Crippen LogP contribution is -1.95. The van der Waals surface area contributed by atoms with Gasteiger partial charge in [0, 0.05) is 17.3 Å². The van der Waals surface area contributed by atoms with Crippen molar-refractivity contribution in [1.29, 1.82) is 0 Å². The van der Waals surface area contributed by atoms with Crippen molar-refractivity contribution in [3.63, 3.8) is 0 Å². The highest BCUT2D eigenvalue weighted by atomic mass is 16.1. The fourth-order valence-corrected chi connectivity index (χ4v) is 1.65. The van der Waals surface area contributed by atoms with Crippen LogP contribution in [0, 0.1) is 6.92 Å². The van der Waals surface area contributed by atoms with Crippen molar-refractivity contribution in [2.75, 3.05) is 0 Å². The minimum Gasteiger partial charge on any atom is -0.352 e. The van der Waals surface area contributed by atoms with Crippen molar-refractivity contribution in [2.24, 2.45) is 0 Å². The third kappa shape index (κ3) is 1.33. The maximum atomic E-state index is 11.5. The molecular formula is C12H13NO. The van der Waals surface area contributed by atoms with Gasteiger partial charge in [0.15, 0.2) is 5.78 Å². The Labute approximate surface area is 82.9 Å². The zero-order valence-corrected chi connectivity index (χ0v) is 8.42. The summed E-state index contributed by atoms with van der Waals surface area (Å²) in [6, 6.07) is 7.99. The lowest BCUT2D eigenvalue weighted by Gasteiger charge is -1.93. The van der Waals surface area contributed by atoms with Gasteiger partial charge in [-0.05, 0) is 18.6 Å². The Kier molecular flexibility index (Phi) is 2.12. The van der Waals surface area contributed by atoms with Crippen LogP contribution in [0.25, 0.3) is 10.9 Å². The van der Waals surface area contributed by atoms with Gasteiger partial charge < -0.3 is 4.98 Å². The van der Waals surface area contributed by atoms with E-state index in [0.717, 1.165) is 16.6 Å². The van der Waals surface area contributed by atoms with Crippen LogP contribution in [0.5, 0.6) is 0 Å². The normalized spacial score (nSPS) is 10.7. The maximum Gasteiger partial charge on any atom is 0.178 e. The second-order valence-corrected chi connectivity index (χ2v) is 3.50. The number of rotatable bonds is 2. The lowest BCUT2D eigenvalue weighted by atomic mass is 10.1. The fourth-order valence-electron chi connectivity index (χ4n) is 1.65. The largest absolute Gasteiger partial charge is 0.352 e. The van der Waals surface area contributed by atoms with Crippen LogP contribution < -0.4 is 0 Å². The predicted octanol–water partition coefficient (Wildman–Crippen LogP) is 3.07. The van der Waals surface area contributed by atoms with E-state index < -0.39 is 0 Å². The third-order valence-corrected chi connectivity index (χ3v) is 2.49. The average molecular weight is 187 g/mol. The molecule has 0 aliphatic rings. The van der Waals surface area contributed by atoms with Crippen LogP contribution in [0.4, 0.5) is 0 Å². The van der Waals surface area contributed by atoms with E-state index in [1.54, 1.807) is 0 Å². The Hall–Kier alpha value is -1.57. The van der Waals surface area contributed by atoms with Crippen LogP contribution >= 0.6 is 0 Å². The lowest BCUT2D eigenvalue weighted by molar-refractivity contribution is 0.0984. The molecule has 0 amide bonds. The highest BCUT2D eigenvalue weighted by Crippen LogP contribution is 2.19. The second kappa shape index (κ2) is 3.29. The van der Waals surface area contributed by atoms with E-state index in [2.05, 4.69) is 4.98 Å². The number of hydrogen-bond acceptors (Lipinski definition) is 1. The van der Waals surface area contributed by atoms with Crippen molar-refractivity contribution >= 4 is 16.7 Å². The minimum absolute atomic E-state index is 0.167. The van der Waals surface area contributed by atoms with Crippen LogP contribution in [0.3, 0.4) is 0 Å². The molecular weight excluding hydrogens is 174 g/mol. The van der Waals surface area contributed by atoms with E-state index in [0.29, 0.717) is 6.42 Å². The van der Waals surface area contributed by atoms with Gasteiger partial charge in [-0.1, -0.05) is 25.1 Å². The van der Waals surface area contributed by atoms with Crippen molar-refractivity contribution in [1.82, 2.24) is 4.98 Å². The van der Waals surface area contributed by atoms with Crippen molar-refractivity contribution in [3.05, 3.63) is 35.5 Å². The molecule has 0 fully saturated rings. The number of aromatic amines is 1. The van der Waals surface area contributed by atoms with Gasteiger partial charge in [0.05, 0.1) is 5.69 Å². The van der Waals surface area contributed by atoms with Crippen LogP contribution in [0.2, 0.25) is 0 Å². The highest BCUT2D eigenvalue weighted by molar-refractivity contribution is 5.99. The summed E-state index contributed by atoms with van der Waals surface area (Å²) in [5.74, 6) is 0.167. The van der Waals surface area contributed by atoms with E-state index in [-0.39, 0.29) is 5.78 Å². The van der Waals surface area contributed by atoms with Gasteiger partial charge in [-0.2, -0.15) is 0 Å². The quantitative estimate of drug-likeness (QED) is 0.720. The summed E-state index contributed by atoms with van der Waals surface area (Å²) in [7, 11) is 0. The number of hydrogen-bond donors (Lipinski definition) is 1. The Balaban J connectivity index is 2.62. The number of ketones is 1. The van der Waals surface area contributed by atoms with E-state index in [1.807, 2.05) is 38.1 Å². The highest BCUT2D eigenvalue weighted by Gasteiger charge is 2.07. The molecule has 1 aromatic carbocycles. The SMILES string of the molecule is CCC(=O)c1cc2cccc(C)c2[nH]1. The number of aromatic nitrogens is 1. The molecule has 0 atom stereocenters. The molecule has 0 saturated heterocycles. The molecule has 0 unspecified atom stereocenters. The van der Waals surface area contributed by atoms with Gasteiger partial charge in [0.25, 0.3) is 0 Å². The molecule has 1 heterocycles. The summed E-state index contributed by atoms with van der Waals surface area (Å²) in [5, 5.41) is 1.11. The summed E-state index contributed by atoms with van der Waals surface area (Å²) in [6.45, 7) is 3.92. The van der Waals surface area contributed by atoms with Crippen molar-refractivity contribution in [3.8, 4) is 0 Å². The summed E-state index contributed by atoms with van der Waals surface area (Å²) in [5.41, 5.74) is 2.97. The number of benzene rings is 1. The van der Waals surface area contributed by atoms with Gasteiger partial charge in [0.2, 0.25) is 0 Å². The summed E-state index contributed by atoms with van der Waals surface area (Å²) >= 11 is 0. The molecule has 14 heavy (non-hydrogen) atoms. The number of carbonyl (C=O) groups is 1. The molecule has 0 spiro atoms. The number of nitrogens with one attached hydrogen (secondary N) is 1. The molecule has 0 saturated carbocycles. The van der Waals surface area contributed by atoms with E-state index in [4.69, 9.17) is 0 Å². The number of fused-ring (bicyclic) bond motifs is 1. The van der Waals surface area contributed by atoms with E-state index in [1.165, 1.54) is 5.56 Å². The first-order valence-corrected chi connectivity index (χ1v) is 4.84. The molecule has 1 aromatic heterocycles. The predicted molar refractivity (Wildman–Crippen MR) is 57.7 cm³/mol. The topological polar surface area (TPSA) is 32.9 Å². The molecule has 0 aliphatic carbocycles. The molecule has 2 aromatic rings. The Bertz CT molecular complexity index is 482. The molecule has 2 heteroatoms. The van der Waals surface area contributed by atoms with Crippen molar-refractivity contribution < 1.29 is 4.79 Å². The van der Waals surface area contributed by atoms with Gasteiger partial charge in [0.1, 0.15) is 0 Å². The van der Waals surface area contributed by atoms with E-state index >= 15 is 0 Å². The molecule has 0 bridgehead atoms. The van der Waals surface area contributed by atoms with Gasteiger partial charge in [-0.25, -0.2) is 0 Å². The van der Waals surface area contributed by atoms with Crippen LogP contribution in [-0.2, 0) is 0 Å². The Morgan fingerprint density at radius 2 is 2.21 bits per heavy atom. The zero-order valence-electron chi connectivity index (χ0n) is 8.42. The smallest absolute Gasteiger partial charge is 0.178 e. The first kappa shape index (κ1) is 9.00. The molecule has 1 N–H and O–H groups in total. The van der Waals surface area contributed by atoms with Crippen LogP contribution in [-0.4, -0.2) is 10.8 Å². The first-order chi connectivity index (χ1) is 6.72. The average Bonchev–Trinajstić information content (AvgIpc) is 2.62. The minimum atomic E-state index is 0.167. The van der Waals surface area contributed by atoms with Gasteiger partial charge in [-0.3, -0.25) is 4.79 Å². The summed E-state index contributed by atoms with van der Waals surface area (Å²) < 4.78 is 0. The number of aryl methyl sites for hydroxylation is 1. The summed E-state index contributed by atoms with van der Waals surface area (Å²) in [6.07, 6.45) is 0.547. The number of para-hydroxylation sites is 1. The zero-order chi connectivity index (χ0) is 10.1. The second-order valence-electron chi connectivity index (χ2n) is 3.50. The number of Topliss-reactive ketones (excluding diaryl/α,β-unsaturated/α-hetero) is 1. The molecule has 0 radical (unpaired) electrons. The van der Waals surface area contributed by atoms with E-state index in [9.17, 15) is 4.79 Å². The van der Waals surface area contributed by atoms with Gasteiger partial charge in [-0.15, -0.1) is 0 Å². The Morgan fingerprint density at radius 3 is 2.86 bits per heavy atom. The Morgan fingerprint density at radius 1 is 1.43 bits per heavy atom. The monoisotopic (exact) mass is 187 g/mol. The number of H-pyrrole nitrogens is 1. The first-order valence-electron chi connectivity index (χ1n) is 4.84. The molecule has 0 aliphatic heterocycles. The standard InChI is InChI=1S/C12H13NO/c1-3-11(14)10-7-9-6-4-5-8(2)12(9)13-10/h4-7,13H,3H2,1-2H3. The summed E-state index contributed by atoms with van der Waals surface area (Å²) in [4.78, 5) is 14.6. The third-order valence-electron chi connectivity index (χ3n) is 2.49. The van der Waals surface area contributed by atoms with Crippen LogP contribution in [0.1, 0.15) is 29.4 Å². The molecule has 2 nitrogen and oxygen atoms in total. The van der Waals surface area contributed by atoms with Crippen LogP contribution in [0.15, 0.2) is 24.3 Å².